The van der Waals surface area contributed by atoms with Crippen LogP contribution in [0.3, 0.4) is 0 Å². The van der Waals surface area contributed by atoms with Gasteiger partial charge in [-0.15, -0.1) is 0 Å². The second kappa shape index (κ2) is 7.28. The van der Waals surface area contributed by atoms with Gasteiger partial charge in [0.2, 0.25) is 0 Å². The van der Waals surface area contributed by atoms with Gasteiger partial charge in [0, 0.05) is 18.2 Å². The molecule has 0 unspecified atom stereocenters. The molecule has 0 bridgehead atoms. The number of urea groups is 1. The van der Waals surface area contributed by atoms with E-state index in [4.69, 9.17) is 10.8 Å². The van der Waals surface area contributed by atoms with Crippen molar-refractivity contribution in [1.29, 1.82) is 0 Å². The molecule has 0 heterocycles. The first-order chi connectivity index (χ1) is 9.81. The van der Waals surface area contributed by atoms with E-state index in [-0.39, 0.29) is 25.0 Å². The molecule has 0 atom stereocenters. The van der Waals surface area contributed by atoms with E-state index < -0.39 is 12.0 Å². The highest BCUT2D eigenvalue weighted by molar-refractivity contribution is 5.96. The summed E-state index contributed by atoms with van der Waals surface area (Å²) in [6.07, 6.45) is 0. The van der Waals surface area contributed by atoms with Gasteiger partial charge in [-0.25, -0.2) is 4.79 Å². The zero-order chi connectivity index (χ0) is 16.0. The zero-order valence-electron chi connectivity index (χ0n) is 12.0. The molecular weight excluding hydrogens is 274 g/mol. The third-order valence-corrected chi connectivity index (χ3v) is 2.86. The fraction of sp³-hybridized carbons (Fsp3) is 0.357. The maximum atomic E-state index is 12.3. The lowest BCUT2D eigenvalue weighted by Crippen LogP contribution is -2.40. The Kier molecular flexibility index (Phi) is 5.71. The minimum absolute atomic E-state index is 0.218. The number of rotatable bonds is 6. The second-order valence-corrected chi connectivity index (χ2v) is 4.84. The summed E-state index contributed by atoms with van der Waals surface area (Å²) in [4.78, 5) is 35.0. The Morgan fingerprint density at radius 2 is 1.81 bits per heavy atom. The van der Waals surface area contributed by atoms with Gasteiger partial charge in [0.1, 0.15) is 6.54 Å². The number of primary amides is 1. The number of carboxylic acid groups (broad SMARTS) is 1. The molecule has 3 amide bonds. The lowest BCUT2D eigenvalue weighted by molar-refractivity contribution is -0.138. The summed E-state index contributed by atoms with van der Waals surface area (Å²) in [6.45, 7) is 3.44. The number of benzene rings is 1. The van der Waals surface area contributed by atoms with E-state index in [2.05, 4.69) is 5.32 Å². The maximum absolute atomic E-state index is 12.3. The third kappa shape index (κ3) is 5.13. The van der Waals surface area contributed by atoms with Crippen molar-refractivity contribution in [2.24, 2.45) is 5.73 Å². The van der Waals surface area contributed by atoms with Crippen LogP contribution < -0.4 is 11.1 Å². The van der Waals surface area contributed by atoms with E-state index in [0.717, 1.165) is 5.56 Å². The van der Waals surface area contributed by atoms with Crippen LogP contribution >= 0.6 is 0 Å². The first kappa shape index (κ1) is 16.5. The molecule has 1 aromatic rings. The highest BCUT2D eigenvalue weighted by Gasteiger charge is 2.21. The number of carbonyl (C=O) groups is 3. The number of carboxylic acids is 1. The molecule has 1 rings (SSSR count). The predicted octanol–water partition coefficient (Wildman–Crippen LogP) is 0.790. The summed E-state index contributed by atoms with van der Waals surface area (Å²) < 4.78 is 0. The van der Waals surface area contributed by atoms with Gasteiger partial charge >= 0.3 is 12.0 Å². The predicted molar refractivity (Wildman–Crippen MR) is 76.7 cm³/mol. The smallest absolute Gasteiger partial charge is 0.323 e. The molecule has 4 N–H and O–H groups in total. The molecule has 0 aliphatic carbocycles. The van der Waals surface area contributed by atoms with Crippen molar-refractivity contribution in [1.82, 2.24) is 10.2 Å². The minimum atomic E-state index is -1.06. The number of aliphatic carboxylic acids is 1. The largest absolute Gasteiger partial charge is 0.480 e. The highest BCUT2D eigenvalue weighted by Crippen LogP contribution is 2.10. The molecule has 0 aliphatic rings. The third-order valence-electron chi connectivity index (χ3n) is 2.86. The molecule has 7 nitrogen and oxygen atoms in total. The van der Waals surface area contributed by atoms with E-state index in [0.29, 0.717) is 5.56 Å². The van der Waals surface area contributed by atoms with Gasteiger partial charge in [-0.3, -0.25) is 9.59 Å². The van der Waals surface area contributed by atoms with E-state index >= 15 is 0 Å². The van der Waals surface area contributed by atoms with Crippen molar-refractivity contribution in [2.75, 3.05) is 6.54 Å². The number of hydrogen-bond donors (Lipinski definition) is 3. The van der Waals surface area contributed by atoms with Crippen molar-refractivity contribution in [3.05, 3.63) is 35.4 Å². The average molecular weight is 293 g/mol. The summed E-state index contributed by atoms with van der Waals surface area (Å²) in [5.41, 5.74) is 6.16. The standard InChI is InChI=1S/C14H19N3O4/c1-9(2)17(8-12(18)19)13(20)11-5-3-10(4-6-11)7-16-14(15)21/h3-6,9H,7-8H2,1-2H3,(H,18,19)(H3,15,16,21). The fourth-order valence-electron chi connectivity index (χ4n) is 1.75. The topological polar surface area (TPSA) is 113 Å². The van der Waals surface area contributed by atoms with Crippen molar-refractivity contribution in [3.63, 3.8) is 0 Å². The Morgan fingerprint density at radius 3 is 2.24 bits per heavy atom. The Labute approximate surface area is 122 Å². The normalized spacial score (nSPS) is 10.2. The number of nitrogens with zero attached hydrogens (tertiary/aromatic N) is 1. The van der Waals surface area contributed by atoms with Crippen LogP contribution in [0.4, 0.5) is 4.79 Å². The molecule has 0 spiro atoms. The number of nitrogens with two attached hydrogens (primary N) is 1. The van der Waals surface area contributed by atoms with Gasteiger partial charge in [0.05, 0.1) is 0 Å². The molecule has 0 saturated heterocycles. The van der Waals surface area contributed by atoms with Crippen LogP contribution in [-0.2, 0) is 11.3 Å². The Hall–Kier alpha value is -2.57. The van der Waals surface area contributed by atoms with Crippen LogP contribution in [-0.4, -0.2) is 40.5 Å². The first-order valence-corrected chi connectivity index (χ1v) is 6.46. The van der Waals surface area contributed by atoms with Crippen molar-refractivity contribution < 1.29 is 19.5 Å². The molecule has 21 heavy (non-hydrogen) atoms. The molecule has 1 aromatic carbocycles. The molecular formula is C14H19N3O4. The van der Waals surface area contributed by atoms with Gasteiger partial charge in [0.15, 0.2) is 0 Å². The zero-order valence-corrected chi connectivity index (χ0v) is 12.0. The maximum Gasteiger partial charge on any atom is 0.323 e. The average Bonchev–Trinajstić information content (AvgIpc) is 2.42. The number of amides is 3. The van der Waals surface area contributed by atoms with Gasteiger partial charge in [0.25, 0.3) is 5.91 Å². The minimum Gasteiger partial charge on any atom is -0.480 e. The van der Waals surface area contributed by atoms with Crippen LogP contribution in [0.1, 0.15) is 29.8 Å². The highest BCUT2D eigenvalue weighted by atomic mass is 16.4. The van der Waals surface area contributed by atoms with Gasteiger partial charge in [-0.1, -0.05) is 12.1 Å². The Balaban J connectivity index is 2.81. The Bertz CT molecular complexity index is 526. The van der Waals surface area contributed by atoms with Gasteiger partial charge in [-0.05, 0) is 31.5 Å². The van der Waals surface area contributed by atoms with Crippen LogP contribution in [0.25, 0.3) is 0 Å². The molecule has 0 aromatic heterocycles. The van der Waals surface area contributed by atoms with Crippen molar-refractivity contribution in [2.45, 2.75) is 26.4 Å². The summed E-state index contributed by atoms with van der Waals surface area (Å²) in [7, 11) is 0. The van der Waals surface area contributed by atoms with E-state index in [9.17, 15) is 14.4 Å². The summed E-state index contributed by atoms with van der Waals surface area (Å²) >= 11 is 0. The molecule has 0 fully saturated rings. The van der Waals surface area contributed by atoms with Gasteiger partial charge in [-0.2, -0.15) is 0 Å². The lowest BCUT2D eigenvalue weighted by Gasteiger charge is -2.25. The van der Waals surface area contributed by atoms with Crippen molar-refractivity contribution >= 4 is 17.9 Å². The number of nitrogens with one attached hydrogen (secondary N) is 1. The molecule has 7 heteroatoms. The molecule has 0 radical (unpaired) electrons. The lowest BCUT2D eigenvalue weighted by atomic mass is 10.1. The first-order valence-electron chi connectivity index (χ1n) is 6.46. The van der Waals surface area contributed by atoms with Crippen molar-refractivity contribution in [3.8, 4) is 0 Å². The summed E-state index contributed by atoms with van der Waals surface area (Å²) in [5.74, 6) is -1.40. The van der Waals surface area contributed by atoms with E-state index in [1.54, 1.807) is 38.1 Å². The van der Waals surface area contributed by atoms with Crippen LogP contribution in [0.15, 0.2) is 24.3 Å². The monoisotopic (exact) mass is 293 g/mol. The number of carbonyl (C=O) groups excluding carboxylic acids is 2. The van der Waals surface area contributed by atoms with Crippen LogP contribution in [0.2, 0.25) is 0 Å². The van der Waals surface area contributed by atoms with E-state index in [1.165, 1.54) is 4.90 Å². The quantitative estimate of drug-likeness (QED) is 0.719. The summed E-state index contributed by atoms with van der Waals surface area (Å²) in [6, 6.07) is 5.72. The SMILES string of the molecule is CC(C)N(CC(=O)O)C(=O)c1ccc(CNC(N)=O)cc1. The summed E-state index contributed by atoms with van der Waals surface area (Å²) in [5, 5.41) is 11.3. The fourth-order valence-corrected chi connectivity index (χ4v) is 1.75. The van der Waals surface area contributed by atoms with E-state index in [1.807, 2.05) is 0 Å². The molecule has 0 saturated carbocycles. The second-order valence-electron chi connectivity index (χ2n) is 4.84. The molecule has 114 valence electrons. The Morgan fingerprint density at radius 1 is 1.24 bits per heavy atom. The number of hydrogen-bond acceptors (Lipinski definition) is 3. The van der Waals surface area contributed by atoms with Crippen LogP contribution in [0.5, 0.6) is 0 Å². The van der Waals surface area contributed by atoms with Gasteiger partial charge < -0.3 is 21.1 Å². The molecule has 0 aliphatic heterocycles. The van der Waals surface area contributed by atoms with Crippen LogP contribution in [0, 0.1) is 0 Å².